The minimum atomic E-state index is -1.90. The molecule has 3 amide bonds. The minimum absolute atomic E-state index is 0.0477. The lowest BCUT2D eigenvalue weighted by Gasteiger charge is -2.27. The summed E-state index contributed by atoms with van der Waals surface area (Å²) in [6, 6.07) is -0.119. The molecule has 1 aliphatic heterocycles. The third-order valence-electron chi connectivity index (χ3n) is 2.81. The summed E-state index contributed by atoms with van der Waals surface area (Å²) in [5.74, 6) is -0.0477. The van der Waals surface area contributed by atoms with Crippen molar-refractivity contribution in [1.82, 2.24) is 9.47 Å². The maximum absolute atomic E-state index is 12.2. The second-order valence-electron chi connectivity index (χ2n) is 5.40. The Morgan fingerprint density at radius 3 is 1.87 bits per heavy atom. The van der Waals surface area contributed by atoms with Crippen molar-refractivity contribution in [2.45, 2.75) is 46.0 Å². The molecular weight excluding hydrogens is 208 g/mol. The number of carbonyl (C=O) groups is 2. The zero-order valence-electron chi connectivity index (χ0n) is 10.4. The molecule has 1 rings (SSSR count). The first-order chi connectivity index (χ1) is 6.64. The van der Waals surface area contributed by atoms with Gasteiger partial charge in [0.05, 0.1) is 0 Å². The monoisotopic (exact) mass is 228 g/mol. The molecule has 0 saturated carbocycles. The van der Waals surface area contributed by atoms with Gasteiger partial charge in [-0.2, -0.15) is 0 Å². The van der Waals surface area contributed by atoms with E-state index in [9.17, 15) is 9.59 Å². The maximum atomic E-state index is 12.2. The number of amides is 3. The smallest absolute Gasteiger partial charge is 0.311 e. The van der Waals surface area contributed by atoms with E-state index in [1.165, 1.54) is 4.57 Å². The van der Waals surface area contributed by atoms with Crippen LogP contribution in [-0.4, -0.2) is 41.7 Å². The topological polar surface area (TPSA) is 40.6 Å². The minimum Gasteiger partial charge on any atom is -0.311 e. The molecule has 1 heterocycles. The molecule has 15 heavy (non-hydrogen) atoms. The van der Waals surface area contributed by atoms with Gasteiger partial charge in [-0.1, -0.05) is 19.6 Å². The number of hydrogen-bond acceptors (Lipinski definition) is 2. The molecule has 0 atom stereocenters. The predicted molar refractivity (Wildman–Crippen MR) is 62.0 cm³/mol. The second-order valence-corrected chi connectivity index (χ2v) is 10.2. The molecule has 0 aromatic heterocycles. The number of nitrogens with zero attached hydrogens (tertiary/aromatic N) is 2. The summed E-state index contributed by atoms with van der Waals surface area (Å²) in [6.45, 7) is 12.2. The van der Waals surface area contributed by atoms with E-state index in [2.05, 4.69) is 0 Å². The zero-order chi connectivity index (χ0) is 12.0. The summed E-state index contributed by atoms with van der Waals surface area (Å²) in [5, 5.41) is 0. The fourth-order valence-electron chi connectivity index (χ4n) is 1.96. The zero-order valence-corrected chi connectivity index (χ0v) is 11.4. The van der Waals surface area contributed by atoms with Crippen LogP contribution in [0.1, 0.15) is 20.8 Å². The van der Waals surface area contributed by atoms with Crippen LogP contribution in [0.3, 0.4) is 0 Å². The lowest BCUT2D eigenvalue weighted by molar-refractivity contribution is -0.129. The molecule has 0 aromatic carbocycles. The second kappa shape index (κ2) is 3.33. The molecule has 0 spiro atoms. The van der Waals surface area contributed by atoms with Gasteiger partial charge in [-0.25, -0.2) is 4.79 Å². The first-order valence-electron chi connectivity index (χ1n) is 5.30. The highest BCUT2D eigenvalue weighted by molar-refractivity contribution is 6.78. The molecule has 1 fully saturated rings. The largest absolute Gasteiger partial charge is 0.319 e. The molecule has 0 bridgehead atoms. The molecular formula is C10H20N2O2Si. The summed E-state index contributed by atoms with van der Waals surface area (Å²) in [6.07, 6.45) is 0. The van der Waals surface area contributed by atoms with Crippen molar-refractivity contribution in [3.63, 3.8) is 0 Å². The molecule has 0 aliphatic carbocycles. The van der Waals surface area contributed by atoms with Crippen molar-refractivity contribution in [1.29, 1.82) is 0 Å². The van der Waals surface area contributed by atoms with Crippen LogP contribution in [-0.2, 0) is 4.79 Å². The van der Waals surface area contributed by atoms with Gasteiger partial charge < -0.3 is 4.90 Å². The first-order valence-corrected chi connectivity index (χ1v) is 8.75. The lowest BCUT2D eigenvalue weighted by Crippen LogP contribution is -2.51. The Hall–Kier alpha value is -0.843. The summed E-state index contributed by atoms with van der Waals surface area (Å²) in [7, 11) is -1.90. The maximum Gasteiger partial charge on any atom is 0.319 e. The first kappa shape index (κ1) is 12.2. The van der Waals surface area contributed by atoms with E-state index in [0.29, 0.717) is 6.54 Å². The standard InChI is InChI=1S/C10H20N2O2Si/c1-7-11-9(14)12(15(4,5)6)8(13)10(11,2)3/h7H2,1-6H3. The van der Waals surface area contributed by atoms with Gasteiger partial charge in [-0.05, 0) is 20.8 Å². The van der Waals surface area contributed by atoms with E-state index in [-0.39, 0.29) is 11.9 Å². The van der Waals surface area contributed by atoms with Gasteiger partial charge in [0.1, 0.15) is 5.54 Å². The molecule has 1 aliphatic rings. The summed E-state index contributed by atoms with van der Waals surface area (Å²) in [5.41, 5.74) is -0.674. The van der Waals surface area contributed by atoms with Crippen molar-refractivity contribution in [3.8, 4) is 0 Å². The van der Waals surface area contributed by atoms with E-state index >= 15 is 0 Å². The van der Waals surface area contributed by atoms with E-state index in [0.717, 1.165) is 0 Å². The number of rotatable bonds is 2. The number of carbonyl (C=O) groups excluding carboxylic acids is 2. The third-order valence-corrected chi connectivity index (χ3v) is 4.55. The van der Waals surface area contributed by atoms with Gasteiger partial charge in [-0.15, -0.1) is 0 Å². The van der Waals surface area contributed by atoms with E-state index in [4.69, 9.17) is 0 Å². The van der Waals surface area contributed by atoms with Crippen molar-refractivity contribution in [3.05, 3.63) is 0 Å². The molecule has 0 unspecified atom stereocenters. The fraction of sp³-hybridized carbons (Fsp3) is 0.800. The Bertz CT molecular complexity index is 307. The molecule has 0 N–H and O–H groups in total. The van der Waals surface area contributed by atoms with Crippen LogP contribution >= 0.6 is 0 Å². The fourth-order valence-corrected chi connectivity index (χ4v) is 3.54. The van der Waals surface area contributed by atoms with E-state index in [1.807, 2.05) is 40.4 Å². The van der Waals surface area contributed by atoms with Crippen molar-refractivity contribution in [2.24, 2.45) is 0 Å². The van der Waals surface area contributed by atoms with Crippen molar-refractivity contribution < 1.29 is 9.59 Å². The summed E-state index contributed by atoms with van der Waals surface area (Å²) in [4.78, 5) is 25.9. The van der Waals surface area contributed by atoms with Gasteiger partial charge in [-0.3, -0.25) is 9.36 Å². The average Bonchev–Trinajstić information content (AvgIpc) is 2.17. The van der Waals surface area contributed by atoms with Crippen LogP contribution in [0.4, 0.5) is 4.79 Å². The summed E-state index contributed by atoms with van der Waals surface area (Å²) < 4.78 is 1.50. The highest BCUT2D eigenvalue weighted by atomic mass is 28.3. The molecule has 1 saturated heterocycles. The third kappa shape index (κ3) is 1.69. The van der Waals surface area contributed by atoms with Crippen LogP contribution in [0, 0.1) is 0 Å². The van der Waals surface area contributed by atoms with Gasteiger partial charge in [0.25, 0.3) is 0 Å². The number of likely N-dealkylation sites (N-methyl/N-ethyl adjacent to an activating group) is 1. The highest BCUT2D eigenvalue weighted by Crippen LogP contribution is 2.30. The number of hydrogen-bond donors (Lipinski definition) is 0. The van der Waals surface area contributed by atoms with E-state index in [1.54, 1.807) is 4.90 Å². The van der Waals surface area contributed by atoms with Gasteiger partial charge in [0.15, 0.2) is 8.24 Å². The van der Waals surface area contributed by atoms with Gasteiger partial charge >= 0.3 is 6.03 Å². The predicted octanol–water partition coefficient (Wildman–Crippen LogP) is 1.88. The van der Waals surface area contributed by atoms with Gasteiger partial charge in [0.2, 0.25) is 5.91 Å². The Labute approximate surface area is 92.3 Å². The number of imide groups is 1. The molecule has 5 heteroatoms. The molecule has 0 radical (unpaired) electrons. The summed E-state index contributed by atoms with van der Waals surface area (Å²) >= 11 is 0. The molecule has 4 nitrogen and oxygen atoms in total. The van der Waals surface area contributed by atoms with Crippen LogP contribution in [0.2, 0.25) is 19.6 Å². The van der Waals surface area contributed by atoms with Crippen LogP contribution in [0.15, 0.2) is 0 Å². The van der Waals surface area contributed by atoms with E-state index < -0.39 is 13.8 Å². The lowest BCUT2D eigenvalue weighted by atomic mass is 10.1. The van der Waals surface area contributed by atoms with Crippen LogP contribution < -0.4 is 0 Å². The van der Waals surface area contributed by atoms with Crippen LogP contribution in [0.25, 0.3) is 0 Å². The molecule has 0 aromatic rings. The Morgan fingerprint density at radius 1 is 1.20 bits per heavy atom. The Balaban J connectivity index is 3.17. The Morgan fingerprint density at radius 2 is 1.67 bits per heavy atom. The quantitative estimate of drug-likeness (QED) is 0.535. The van der Waals surface area contributed by atoms with Crippen LogP contribution in [0.5, 0.6) is 0 Å². The number of urea groups is 1. The average molecular weight is 228 g/mol. The van der Waals surface area contributed by atoms with Crippen molar-refractivity contribution >= 4 is 20.2 Å². The Kier molecular flexibility index (Phi) is 2.72. The van der Waals surface area contributed by atoms with Gasteiger partial charge in [0, 0.05) is 6.54 Å². The molecule has 86 valence electrons. The SMILES string of the molecule is CCN1C(=O)N([Si](C)(C)C)C(=O)C1(C)C. The highest BCUT2D eigenvalue weighted by Gasteiger charge is 2.53. The van der Waals surface area contributed by atoms with Crippen molar-refractivity contribution in [2.75, 3.05) is 6.54 Å². The normalized spacial score (nSPS) is 21.5.